The zero-order chi connectivity index (χ0) is 29.5. The van der Waals surface area contributed by atoms with Crippen LogP contribution >= 0.6 is 0 Å². The van der Waals surface area contributed by atoms with Crippen molar-refractivity contribution in [3.63, 3.8) is 0 Å². The highest BCUT2D eigenvalue weighted by atomic mass is 16.7. The van der Waals surface area contributed by atoms with E-state index in [2.05, 4.69) is 13.8 Å². The van der Waals surface area contributed by atoms with Gasteiger partial charge in [0.2, 0.25) is 12.2 Å². The van der Waals surface area contributed by atoms with E-state index in [9.17, 15) is 19.5 Å². The fourth-order valence-electron chi connectivity index (χ4n) is 5.00. The second-order valence-electron chi connectivity index (χ2n) is 10.4. The highest BCUT2D eigenvalue weighted by molar-refractivity contribution is 5.96. The van der Waals surface area contributed by atoms with Crippen molar-refractivity contribution in [2.45, 2.75) is 45.9 Å². The van der Waals surface area contributed by atoms with Crippen LogP contribution < -0.4 is 5.69 Å². The lowest BCUT2D eigenvalue weighted by Gasteiger charge is -2.18. The molecule has 0 saturated heterocycles. The van der Waals surface area contributed by atoms with Gasteiger partial charge in [0, 0.05) is 19.9 Å². The highest BCUT2D eigenvalue weighted by Crippen LogP contribution is 2.27. The first-order valence-corrected chi connectivity index (χ1v) is 13.6. The Morgan fingerprint density at radius 1 is 0.854 bits per heavy atom. The molecule has 0 aliphatic rings. The fourth-order valence-corrected chi connectivity index (χ4v) is 5.00. The van der Waals surface area contributed by atoms with Gasteiger partial charge in [-0.3, -0.25) is 9.36 Å². The monoisotopic (exact) mass is 556 g/mol. The molecule has 0 radical (unpaired) electrons. The minimum absolute atomic E-state index is 0.0548. The van der Waals surface area contributed by atoms with Crippen LogP contribution in [0.4, 0.5) is 0 Å². The first kappa shape index (κ1) is 29.7. The quantitative estimate of drug-likeness (QED) is 0.221. The van der Waals surface area contributed by atoms with Gasteiger partial charge in [0.15, 0.2) is 0 Å². The number of carbonyl (C=O) groups is 2. The molecule has 0 saturated carbocycles. The number of methoxy groups -OCH3 is 2. The van der Waals surface area contributed by atoms with Crippen molar-refractivity contribution in [1.82, 2.24) is 9.13 Å². The summed E-state index contributed by atoms with van der Waals surface area (Å²) in [6.07, 6.45) is 0.509. The summed E-state index contributed by atoms with van der Waals surface area (Å²) in [7, 11) is 2.98. The fraction of sp³-hybridized carbons (Fsp3) is 0.303. The number of carboxylic acids is 1. The Kier molecular flexibility index (Phi) is 9.70. The third-order valence-electron chi connectivity index (χ3n) is 7.11. The van der Waals surface area contributed by atoms with Gasteiger partial charge in [-0.25, -0.2) is 14.2 Å². The average Bonchev–Trinajstić information content (AvgIpc) is 3.24. The molecule has 8 nitrogen and oxygen atoms in total. The largest absolute Gasteiger partial charge is 0.478 e. The van der Waals surface area contributed by atoms with Crippen LogP contribution in [0.5, 0.6) is 0 Å². The lowest BCUT2D eigenvalue weighted by atomic mass is 9.98. The number of nitrogens with zero attached hydrogens (tertiary/aromatic N) is 2. The van der Waals surface area contributed by atoms with Crippen LogP contribution in [-0.4, -0.2) is 40.3 Å². The van der Waals surface area contributed by atoms with Crippen LogP contribution in [0, 0.1) is 5.92 Å². The van der Waals surface area contributed by atoms with E-state index in [0.29, 0.717) is 29.3 Å². The third kappa shape index (κ3) is 6.73. The van der Waals surface area contributed by atoms with Gasteiger partial charge in [-0.05, 0) is 47.1 Å². The molecular weight excluding hydrogens is 520 g/mol. The SMILES string of the molecule is COC(OC)c1c(CCC(C)C)n(Cc2ccc(-c3ccccc3C(=O)O)cc2)c(=O)n1C(=O)Cc1ccccc1. The summed E-state index contributed by atoms with van der Waals surface area (Å²) in [4.78, 5) is 39.3. The van der Waals surface area contributed by atoms with Crippen LogP contribution in [-0.2, 0) is 28.9 Å². The van der Waals surface area contributed by atoms with Crippen LogP contribution in [0.25, 0.3) is 11.1 Å². The van der Waals surface area contributed by atoms with Gasteiger partial charge in [-0.1, -0.05) is 86.6 Å². The summed E-state index contributed by atoms with van der Waals surface area (Å²) in [5.41, 5.74) is 3.89. The van der Waals surface area contributed by atoms with Gasteiger partial charge < -0.3 is 14.6 Å². The molecule has 0 spiro atoms. The van der Waals surface area contributed by atoms with E-state index in [1.165, 1.54) is 18.8 Å². The molecule has 214 valence electrons. The number of ether oxygens (including phenoxy) is 2. The lowest BCUT2D eigenvalue weighted by molar-refractivity contribution is -0.110. The molecule has 0 bridgehead atoms. The Morgan fingerprint density at radius 2 is 1.49 bits per heavy atom. The van der Waals surface area contributed by atoms with E-state index >= 15 is 0 Å². The molecule has 1 aromatic heterocycles. The predicted octanol–water partition coefficient (Wildman–Crippen LogP) is 5.83. The molecular formula is C33H36N2O6. The van der Waals surface area contributed by atoms with Crippen molar-refractivity contribution < 1.29 is 24.2 Å². The van der Waals surface area contributed by atoms with E-state index in [1.807, 2.05) is 54.6 Å². The molecule has 0 aliphatic heterocycles. The van der Waals surface area contributed by atoms with E-state index in [1.54, 1.807) is 28.8 Å². The molecule has 0 fully saturated rings. The minimum atomic E-state index is -0.995. The number of imidazole rings is 1. The Labute approximate surface area is 239 Å². The molecule has 0 aliphatic carbocycles. The molecule has 41 heavy (non-hydrogen) atoms. The minimum Gasteiger partial charge on any atom is -0.478 e. The van der Waals surface area contributed by atoms with Gasteiger partial charge in [0.25, 0.3) is 0 Å². The van der Waals surface area contributed by atoms with Gasteiger partial charge in [-0.15, -0.1) is 0 Å². The van der Waals surface area contributed by atoms with Crippen molar-refractivity contribution in [3.8, 4) is 11.1 Å². The number of aromatic carboxylic acids is 1. The third-order valence-corrected chi connectivity index (χ3v) is 7.11. The number of hydrogen-bond donors (Lipinski definition) is 1. The molecule has 1 heterocycles. The summed E-state index contributed by atoms with van der Waals surface area (Å²) < 4.78 is 14.0. The van der Waals surface area contributed by atoms with Gasteiger partial charge in [-0.2, -0.15) is 0 Å². The number of carbonyl (C=O) groups excluding carboxylic acids is 1. The first-order chi connectivity index (χ1) is 19.7. The first-order valence-electron chi connectivity index (χ1n) is 13.6. The topological polar surface area (TPSA) is 99.8 Å². The number of carboxylic acid groups (broad SMARTS) is 1. The van der Waals surface area contributed by atoms with Crippen LogP contribution in [0.3, 0.4) is 0 Å². The number of hydrogen-bond acceptors (Lipinski definition) is 5. The summed E-state index contributed by atoms with van der Waals surface area (Å²) in [6, 6.07) is 23.6. The van der Waals surface area contributed by atoms with Crippen LogP contribution in [0.15, 0.2) is 83.7 Å². The van der Waals surface area contributed by atoms with Crippen molar-refractivity contribution in [2.75, 3.05) is 14.2 Å². The summed E-state index contributed by atoms with van der Waals surface area (Å²) >= 11 is 0. The van der Waals surface area contributed by atoms with Crippen LogP contribution in [0.2, 0.25) is 0 Å². The van der Waals surface area contributed by atoms with Crippen molar-refractivity contribution in [1.29, 1.82) is 0 Å². The zero-order valence-corrected chi connectivity index (χ0v) is 23.9. The van der Waals surface area contributed by atoms with Gasteiger partial charge in [0.1, 0.15) is 5.69 Å². The summed E-state index contributed by atoms with van der Waals surface area (Å²) in [5.74, 6) is -0.988. The Balaban J connectivity index is 1.78. The lowest BCUT2D eigenvalue weighted by Crippen LogP contribution is -2.32. The number of rotatable bonds is 12. The maximum Gasteiger partial charge on any atom is 0.336 e. The van der Waals surface area contributed by atoms with E-state index in [4.69, 9.17) is 9.47 Å². The number of benzene rings is 3. The van der Waals surface area contributed by atoms with Crippen LogP contribution in [0.1, 0.15) is 64.2 Å². The van der Waals surface area contributed by atoms with E-state index < -0.39 is 17.9 Å². The summed E-state index contributed by atoms with van der Waals surface area (Å²) in [5, 5.41) is 9.59. The van der Waals surface area contributed by atoms with Gasteiger partial charge >= 0.3 is 11.7 Å². The molecule has 3 aromatic carbocycles. The zero-order valence-electron chi connectivity index (χ0n) is 23.9. The second-order valence-corrected chi connectivity index (χ2v) is 10.4. The molecule has 0 amide bonds. The number of aromatic nitrogens is 2. The smallest absolute Gasteiger partial charge is 0.336 e. The van der Waals surface area contributed by atoms with E-state index in [-0.39, 0.29) is 24.4 Å². The van der Waals surface area contributed by atoms with Crippen molar-refractivity contribution in [2.24, 2.45) is 5.92 Å². The van der Waals surface area contributed by atoms with Crippen molar-refractivity contribution in [3.05, 3.63) is 117 Å². The molecule has 0 unspecified atom stereocenters. The average molecular weight is 557 g/mol. The van der Waals surface area contributed by atoms with Gasteiger partial charge in [0.05, 0.1) is 18.5 Å². The van der Waals surface area contributed by atoms with Crippen molar-refractivity contribution >= 4 is 11.9 Å². The molecule has 8 heteroatoms. The standard InChI is InChI=1S/C33H36N2O6/c1-22(2)14-19-28-30(32(40-3)41-4)35(29(36)20-23-10-6-5-7-11-23)33(39)34(28)21-24-15-17-25(18-16-24)26-12-8-9-13-27(26)31(37)38/h5-13,15-18,22,32H,14,19-21H2,1-4H3,(H,37,38). The molecule has 0 atom stereocenters. The van der Waals surface area contributed by atoms with E-state index in [0.717, 1.165) is 23.1 Å². The maximum absolute atomic E-state index is 14.0. The Bertz CT molecular complexity index is 1550. The molecule has 4 aromatic rings. The Morgan fingerprint density at radius 3 is 2.10 bits per heavy atom. The molecule has 4 rings (SSSR count). The Hall–Kier alpha value is -4.27. The normalized spacial score (nSPS) is 11.4. The predicted molar refractivity (Wildman–Crippen MR) is 157 cm³/mol. The maximum atomic E-state index is 14.0. The highest BCUT2D eigenvalue weighted by Gasteiger charge is 2.30. The summed E-state index contributed by atoms with van der Waals surface area (Å²) in [6.45, 7) is 4.45. The second kappa shape index (κ2) is 13.4. The molecule has 1 N–H and O–H groups in total.